The summed E-state index contributed by atoms with van der Waals surface area (Å²) in [5.74, 6) is -0.126. The third-order valence-electron chi connectivity index (χ3n) is 3.00. The first-order chi connectivity index (χ1) is 7.29. The number of ether oxygens (including phenoxy) is 1. The summed E-state index contributed by atoms with van der Waals surface area (Å²) >= 11 is 0. The molecule has 2 bridgehead atoms. The van der Waals surface area contributed by atoms with E-state index >= 15 is 0 Å². The summed E-state index contributed by atoms with van der Waals surface area (Å²) in [4.78, 5) is 11.2. The molecule has 82 valence electrons. The van der Waals surface area contributed by atoms with Gasteiger partial charge in [-0.15, -0.1) is 0 Å². The highest BCUT2D eigenvalue weighted by Crippen LogP contribution is 2.34. The Morgan fingerprint density at radius 1 is 1.53 bits per heavy atom. The van der Waals surface area contributed by atoms with Gasteiger partial charge in [-0.3, -0.25) is 4.79 Å². The third-order valence-corrected chi connectivity index (χ3v) is 3.00. The van der Waals surface area contributed by atoms with E-state index in [2.05, 4.69) is 10.6 Å². The largest absolute Gasteiger partial charge is 0.373 e. The lowest BCUT2D eigenvalue weighted by atomic mass is 9.95. The molecule has 2 saturated heterocycles. The molecule has 3 unspecified atom stereocenters. The van der Waals surface area contributed by atoms with Gasteiger partial charge in [-0.1, -0.05) is 0 Å². The van der Waals surface area contributed by atoms with Crippen LogP contribution in [0.3, 0.4) is 0 Å². The number of carbonyl (C=O) groups is 1. The topological polar surface area (TPSA) is 74.2 Å². The fraction of sp³-hybridized carbons (Fsp3) is 0.800. The quantitative estimate of drug-likeness (QED) is 0.614. The average Bonchev–Trinajstić information content (AvgIpc) is 2.84. The normalized spacial score (nSPS) is 32.6. The lowest BCUT2D eigenvalue weighted by Gasteiger charge is -2.19. The fourth-order valence-electron chi connectivity index (χ4n) is 2.28. The Bertz CT molecular complexity index is 287. The van der Waals surface area contributed by atoms with E-state index in [1.807, 2.05) is 6.07 Å². The lowest BCUT2D eigenvalue weighted by Crippen LogP contribution is -2.43. The van der Waals surface area contributed by atoms with Gasteiger partial charge in [-0.25, -0.2) is 0 Å². The molecule has 3 atom stereocenters. The number of hydrogen-bond acceptors (Lipinski definition) is 4. The minimum atomic E-state index is -0.126. The molecule has 0 aromatic heterocycles. The molecule has 2 heterocycles. The number of hydrogen-bond donors (Lipinski definition) is 2. The van der Waals surface area contributed by atoms with Gasteiger partial charge in [0.15, 0.2) is 0 Å². The maximum absolute atomic E-state index is 11.2. The van der Waals surface area contributed by atoms with Gasteiger partial charge in [0.2, 0.25) is 5.91 Å². The molecule has 0 saturated carbocycles. The van der Waals surface area contributed by atoms with Crippen LogP contribution in [0.15, 0.2) is 0 Å². The zero-order valence-electron chi connectivity index (χ0n) is 8.53. The molecule has 0 aromatic carbocycles. The molecule has 5 nitrogen and oxygen atoms in total. The van der Waals surface area contributed by atoms with Crippen LogP contribution in [0.5, 0.6) is 0 Å². The van der Waals surface area contributed by atoms with Crippen LogP contribution in [0, 0.1) is 11.3 Å². The van der Waals surface area contributed by atoms with Crippen LogP contribution < -0.4 is 10.6 Å². The SMILES string of the molecule is N#CCNC(=O)CNC1CC2CCC1O2. The molecule has 2 aliphatic heterocycles. The summed E-state index contributed by atoms with van der Waals surface area (Å²) in [6.45, 7) is 0.354. The van der Waals surface area contributed by atoms with Crippen LogP contribution in [-0.4, -0.2) is 37.2 Å². The van der Waals surface area contributed by atoms with Crippen LogP contribution in [0.2, 0.25) is 0 Å². The Morgan fingerprint density at radius 3 is 3.00 bits per heavy atom. The Morgan fingerprint density at radius 2 is 2.40 bits per heavy atom. The molecule has 2 fully saturated rings. The molecule has 2 N–H and O–H groups in total. The molecule has 15 heavy (non-hydrogen) atoms. The van der Waals surface area contributed by atoms with Crippen molar-refractivity contribution < 1.29 is 9.53 Å². The van der Waals surface area contributed by atoms with E-state index < -0.39 is 0 Å². The summed E-state index contributed by atoms with van der Waals surface area (Å²) in [6.07, 6.45) is 3.95. The van der Waals surface area contributed by atoms with Crippen molar-refractivity contribution in [1.82, 2.24) is 10.6 Å². The van der Waals surface area contributed by atoms with Crippen LogP contribution >= 0.6 is 0 Å². The van der Waals surface area contributed by atoms with Gasteiger partial charge < -0.3 is 15.4 Å². The number of amides is 1. The number of fused-ring (bicyclic) bond motifs is 2. The summed E-state index contributed by atoms with van der Waals surface area (Å²) < 4.78 is 5.65. The lowest BCUT2D eigenvalue weighted by molar-refractivity contribution is -0.120. The van der Waals surface area contributed by atoms with Crippen molar-refractivity contribution >= 4 is 5.91 Å². The molecular formula is C10H15N3O2. The van der Waals surface area contributed by atoms with Gasteiger partial charge in [0.1, 0.15) is 6.54 Å². The monoisotopic (exact) mass is 209 g/mol. The molecule has 0 aromatic rings. The van der Waals surface area contributed by atoms with Crippen molar-refractivity contribution in [2.24, 2.45) is 0 Å². The van der Waals surface area contributed by atoms with Crippen LogP contribution in [0.25, 0.3) is 0 Å². The molecule has 2 rings (SSSR count). The zero-order chi connectivity index (χ0) is 10.7. The minimum Gasteiger partial charge on any atom is -0.373 e. The fourth-order valence-corrected chi connectivity index (χ4v) is 2.28. The maximum Gasteiger partial charge on any atom is 0.234 e. The molecule has 0 aliphatic carbocycles. The average molecular weight is 209 g/mol. The van der Waals surface area contributed by atoms with Gasteiger partial charge in [-0.05, 0) is 19.3 Å². The van der Waals surface area contributed by atoms with E-state index in [4.69, 9.17) is 10.00 Å². The first kappa shape index (κ1) is 10.4. The van der Waals surface area contributed by atoms with Gasteiger partial charge >= 0.3 is 0 Å². The highest BCUT2D eigenvalue weighted by molar-refractivity contribution is 5.78. The number of rotatable bonds is 4. The van der Waals surface area contributed by atoms with Crippen molar-refractivity contribution in [2.45, 2.75) is 37.5 Å². The molecule has 2 aliphatic rings. The molecule has 5 heteroatoms. The molecule has 1 amide bonds. The Kier molecular flexibility index (Phi) is 3.19. The molecule has 0 spiro atoms. The van der Waals surface area contributed by atoms with Gasteiger partial charge in [-0.2, -0.15) is 5.26 Å². The van der Waals surface area contributed by atoms with Crippen molar-refractivity contribution in [3.63, 3.8) is 0 Å². The zero-order valence-corrected chi connectivity index (χ0v) is 8.53. The second-order valence-corrected chi connectivity index (χ2v) is 4.03. The van der Waals surface area contributed by atoms with Crippen LogP contribution in [0.4, 0.5) is 0 Å². The van der Waals surface area contributed by atoms with E-state index in [-0.39, 0.29) is 19.0 Å². The highest BCUT2D eigenvalue weighted by atomic mass is 16.5. The number of nitriles is 1. The Hall–Kier alpha value is -1.12. The maximum atomic E-state index is 11.2. The molecule has 0 radical (unpaired) electrons. The first-order valence-electron chi connectivity index (χ1n) is 5.32. The van der Waals surface area contributed by atoms with Crippen molar-refractivity contribution in [1.29, 1.82) is 5.26 Å². The summed E-state index contributed by atoms with van der Waals surface area (Å²) in [7, 11) is 0. The number of carbonyl (C=O) groups excluding carboxylic acids is 1. The Balaban J connectivity index is 1.66. The number of nitrogens with one attached hydrogen (secondary N) is 2. The van der Waals surface area contributed by atoms with Crippen molar-refractivity contribution in [3.8, 4) is 6.07 Å². The Labute approximate surface area is 88.8 Å². The van der Waals surface area contributed by atoms with Crippen molar-refractivity contribution in [3.05, 3.63) is 0 Å². The second-order valence-electron chi connectivity index (χ2n) is 4.03. The minimum absolute atomic E-state index is 0.0771. The van der Waals surface area contributed by atoms with E-state index in [0.717, 1.165) is 19.3 Å². The van der Waals surface area contributed by atoms with Crippen LogP contribution in [-0.2, 0) is 9.53 Å². The third kappa shape index (κ3) is 2.46. The summed E-state index contributed by atoms with van der Waals surface area (Å²) in [5.41, 5.74) is 0. The molecular weight excluding hydrogens is 194 g/mol. The predicted molar refractivity (Wildman–Crippen MR) is 52.9 cm³/mol. The van der Waals surface area contributed by atoms with Gasteiger partial charge in [0, 0.05) is 6.04 Å². The van der Waals surface area contributed by atoms with Crippen molar-refractivity contribution in [2.75, 3.05) is 13.1 Å². The standard InChI is InChI=1S/C10H15N3O2/c11-3-4-12-10(14)6-13-8-5-7-1-2-9(8)15-7/h7-9,13H,1-2,4-6H2,(H,12,14). The predicted octanol–water partition coefficient (Wildman–Crippen LogP) is -0.464. The van der Waals surface area contributed by atoms with Gasteiger partial charge in [0.25, 0.3) is 0 Å². The van der Waals surface area contributed by atoms with E-state index in [1.165, 1.54) is 0 Å². The van der Waals surface area contributed by atoms with Gasteiger partial charge in [0.05, 0.1) is 24.8 Å². The van der Waals surface area contributed by atoms with E-state index in [0.29, 0.717) is 18.2 Å². The van der Waals surface area contributed by atoms with E-state index in [9.17, 15) is 4.79 Å². The first-order valence-corrected chi connectivity index (χ1v) is 5.32. The highest BCUT2D eigenvalue weighted by Gasteiger charge is 2.40. The van der Waals surface area contributed by atoms with Crippen LogP contribution in [0.1, 0.15) is 19.3 Å². The smallest absolute Gasteiger partial charge is 0.234 e. The van der Waals surface area contributed by atoms with E-state index in [1.54, 1.807) is 0 Å². The summed E-state index contributed by atoms with van der Waals surface area (Å²) in [5, 5.41) is 13.9. The number of nitrogens with zero attached hydrogens (tertiary/aromatic N) is 1. The second kappa shape index (κ2) is 4.60. The summed E-state index contributed by atoms with van der Waals surface area (Å²) in [6, 6.07) is 2.19.